The maximum Gasteiger partial charge on any atom is 0.00496 e. The van der Waals surface area contributed by atoms with Gasteiger partial charge in [0.15, 0.2) is 0 Å². The summed E-state index contributed by atoms with van der Waals surface area (Å²) in [6.07, 6.45) is 4.79. The Morgan fingerprint density at radius 3 is 1.12 bits per heavy atom. The third-order valence-electron chi connectivity index (χ3n) is 6.29. The van der Waals surface area contributed by atoms with E-state index >= 15 is 0 Å². The summed E-state index contributed by atoms with van der Waals surface area (Å²) < 4.78 is 0. The molecule has 26 heavy (non-hydrogen) atoms. The van der Waals surface area contributed by atoms with Crippen molar-refractivity contribution in [2.45, 2.75) is 78.1 Å². The SMILES string of the molecule is CCC(CC(C)C)(c1ccccc1)C(CC)(CC(C)C)c1ccccc1. The van der Waals surface area contributed by atoms with Gasteiger partial charge in [-0.25, -0.2) is 0 Å². The van der Waals surface area contributed by atoms with E-state index in [9.17, 15) is 0 Å². The number of rotatable bonds is 9. The monoisotopic (exact) mass is 350 g/mol. The summed E-state index contributed by atoms with van der Waals surface area (Å²) in [7, 11) is 0. The molecule has 0 aliphatic heterocycles. The van der Waals surface area contributed by atoms with Gasteiger partial charge < -0.3 is 0 Å². The van der Waals surface area contributed by atoms with Crippen LogP contribution >= 0.6 is 0 Å². The lowest BCUT2D eigenvalue weighted by Crippen LogP contribution is -2.50. The zero-order valence-corrected chi connectivity index (χ0v) is 17.8. The van der Waals surface area contributed by atoms with Crippen LogP contribution in [0.3, 0.4) is 0 Å². The number of benzene rings is 2. The van der Waals surface area contributed by atoms with Crippen LogP contribution in [0.25, 0.3) is 0 Å². The van der Waals surface area contributed by atoms with Crippen LogP contribution in [0, 0.1) is 11.8 Å². The van der Waals surface area contributed by atoms with Crippen molar-refractivity contribution in [3.63, 3.8) is 0 Å². The molecule has 0 aliphatic rings. The van der Waals surface area contributed by atoms with Gasteiger partial charge in [-0.1, -0.05) is 102 Å². The van der Waals surface area contributed by atoms with Crippen LogP contribution in [0.1, 0.15) is 78.4 Å². The van der Waals surface area contributed by atoms with Gasteiger partial charge in [-0.15, -0.1) is 0 Å². The van der Waals surface area contributed by atoms with E-state index < -0.39 is 0 Å². The van der Waals surface area contributed by atoms with E-state index in [0.717, 1.165) is 0 Å². The fourth-order valence-electron chi connectivity index (χ4n) is 5.46. The minimum Gasteiger partial charge on any atom is -0.0645 e. The molecule has 0 spiro atoms. The second-order valence-corrected chi connectivity index (χ2v) is 8.80. The maximum absolute atomic E-state index is 2.41. The van der Waals surface area contributed by atoms with Gasteiger partial charge in [0, 0.05) is 10.8 Å². The molecule has 2 aromatic rings. The van der Waals surface area contributed by atoms with Crippen LogP contribution in [0.15, 0.2) is 60.7 Å². The summed E-state index contributed by atoms with van der Waals surface area (Å²) in [4.78, 5) is 0. The zero-order chi connectivity index (χ0) is 19.2. The van der Waals surface area contributed by atoms with E-state index in [-0.39, 0.29) is 10.8 Å². The summed E-state index contributed by atoms with van der Waals surface area (Å²) in [5, 5.41) is 0. The van der Waals surface area contributed by atoms with Gasteiger partial charge in [0.1, 0.15) is 0 Å². The Kier molecular flexibility index (Phi) is 7.09. The summed E-state index contributed by atoms with van der Waals surface area (Å²) in [6, 6.07) is 22.7. The first-order valence-electron chi connectivity index (χ1n) is 10.5. The molecule has 0 fully saturated rings. The van der Waals surface area contributed by atoms with Gasteiger partial charge >= 0.3 is 0 Å². The third kappa shape index (κ3) is 3.90. The highest BCUT2D eigenvalue weighted by molar-refractivity contribution is 5.39. The van der Waals surface area contributed by atoms with Crippen molar-refractivity contribution in [2.24, 2.45) is 11.8 Å². The van der Waals surface area contributed by atoms with Crippen molar-refractivity contribution < 1.29 is 0 Å². The van der Waals surface area contributed by atoms with Gasteiger partial charge in [0.2, 0.25) is 0 Å². The van der Waals surface area contributed by atoms with E-state index in [0.29, 0.717) is 11.8 Å². The van der Waals surface area contributed by atoms with Gasteiger partial charge in [0.25, 0.3) is 0 Å². The maximum atomic E-state index is 2.41. The Bertz CT molecular complexity index is 581. The largest absolute Gasteiger partial charge is 0.0645 e. The molecule has 0 aliphatic carbocycles. The molecular weight excluding hydrogens is 312 g/mol. The van der Waals surface area contributed by atoms with Gasteiger partial charge in [-0.3, -0.25) is 0 Å². The Morgan fingerprint density at radius 1 is 0.577 bits per heavy atom. The Hall–Kier alpha value is -1.56. The predicted octanol–water partition coefficient (Wildman–Crippen LogP) is 7.77. The molecule has 0 saturated carbocycles. The lowest BCUT2D eigenvalue weighted by atomic mass is 9.50. The zero-order valence-electron chi connectivity index (χ0n) is 17.8. The molecule has 2 rings (SSSR count). The third-order valence-corrected chi connectivity index (χ3v) is 6.29. The molecule has 0 N–H and O–H groups in total. The normalized spacial score (nSPS) is 16.5. The minimum atomic E-state index is 0.156. The number of hydrogen-bond donors (Lipinski definition) is 0. The molecule has 0 bridgehead atoms. The fraction of sp³-hybridized carbons (Fsp3) is 0.538. The van der Waals surface area contributed by atoms with Gasteiger partial charge in [-0.2, -0.15) is 0 Å². The van der Waals surface area contributed by atoms with Crippen molar-refractivity contribution in [2.75, 3.05) is 0 Å². The minimum absolute atomic E-state index is 0.156. The van der Waals surface area contributed by atoms with Crippen molar-refractivity contribution in [3.8, 4) is 0 Å². The van der Waals surface area contributed by atoms with Gasteiger partial charge in [0.05, 0.1) is 0 Å². The summed E-state index contributed by atoms with van der Waals surface area (Å²) in [5.41, 5.74) is 3.34. The molecule has 0 amide bonds. The Morgan fingerprint density at radius 2 is 0.885 bits per heavy atom. The molecule has 0 aromatic heterocycles. The van der Waals surface area contributed by atoms with Crippen LogP contribution in [-0.4, -0.2) is 0 Å². The molecule has 0 saturated heterocycles. The van der Waals surface area contributed by atoms with Crippen LogP contribution in [0.4, 0.5) is 0 Å². The van der Waals surface area contributed by atoms with Crippen LogP contribution < -0.4 is 0 Å². The van der Waals surface area contributed by atoms with Crippen LogP contribution in [0.5, 0.6) is 0 Å². The lowest BCUT2D eigenvalue weighted by molar-refractivity contribution is 0.132. The van der Waals surface area contributed by atoms with Crippen molar-refractivity contribution in [1.29, 1.82) is 0 Å². The van der Waals surface area contributed by atoms with Gasteiger partial charge in [-0.05, 0) is 48.6 Å². The molecule has 142 valence electrons. The first kappa shape index (κ1) is 20.7. The molecule has 0 nitrogen and oxygen atoms in total. The van der Waals surface area contributed by atoms with Crippen LogP contribution in [0.2, 0.25) is 0 Å². The van der Waals surface area contributed by atoms with E-state index in [1.54, 1.807) is 0 Å². The standard InChI is InChI=1S/C26H38/c1-7-25(19-21(3)4,23-15-11-9-12-16-23)26(8-2,20-22(5)6)24-17-13-10-14-18-24/h9-18,21-22H,7-8,19-20H2,1-6H3. The second kappa shape index (κ2) is 8.89. The number of hydrogen-bond acceptors (Lipinski definition) is 0. The van der Waals surface area contributed by atoms with E-state index in [4.69, 9.17) is 0 Å². The lowest BCUT2D eigenvalue weighted by Gasteiger charge is -2.53. The Balaban J connectivity index is 2.80. The summed E-state index contributed by atoms with van der Waals surface area (Å²) in [5.74, 6) is 1.33. The smallest absolute Gasteiger partial charge is 0.00496 e. The summed E-state index contributed by atoms with van der Waals surface area (Å²) >= 11 is 0. The topological polar surface area (TPSA) is 0 Å². The fourth-order valence-corrected chi connectivity index (χ4v) is 5.46. The highest BCUT2D eigenvalue weighted by atomic mass is 14.5. The van der Waals surface area contributed by atoms with Crippen molar-refractivity contribution >= 4 is 0 Å². The van der Waals surface area contributed by atoms with Crippen molar-refractivity contribution in [3.05, 3.63) is 71.8 Å². The molecular formula is C26H38. The first-order valence-corrected chi connectivity index (χ1v) is 10.5. The Labute approximate surface area is 162 Å². The molecule has 0 heterocycles. The summed E-state index contributed by atoms with van der Waals surface area (Å²) in [6.45, 7) is 14.3. The quantitative estimate of drug-likeness (QED) is 0.433. The molecule has 2 aromatic carbocycles. The van der Waals surface area contributed by atoms with Crippen molar-refractivity contribution in [1.82, 2.24) is 0 Å². The molecule has 0 radical (unpaired) electrons. The molecule has 2 unspecified atom stereocenters. The van der Waals surface area contributed by atoms with E-state index in [1.165, 1.54) is 36.8 Å². The molecule has 0 heteroatoms. The van der Waals surface area contributed by atoms with E-state index in [2.05, 4.69) is 102 Å². The molecule has 2 atom stereocenters. The second-order valence-electron chi connectivity index (χ2n) is 8.80. The van der Waals surface area contributed by atoms with Crippen LogP contribution in [-0.2, 0) is 10.8 Å². The first-order chi connectivity index (χ1) is 12.4. The highest BCUT2D eigenvalue weighted by Gasteiger charge is 2.51. The predicted molar refractivity (Wildman–Crippen MR) is 116 cm³/mol. The van der Waals surface area contributed by atoms with E-state index in [1.807, 2.05) is 0 Å². The average Bonchev–Trinajstić information content (AvgIpc) is 2.65. The average molecular weight is 351 g/mol. The highest BCUT2D eigenvalue weighted by Crippen LogP contribution is 2.55.